The number of rotatable bonds is 5. The van der Waals surface area contributed by atoms with Gasteiger partial charge in [0.1, 0.15) is 0 Å². The highest BCUT2D eigenvalue weighted by atomic mass is 32.1. The molecule has 0 aliphatic heterocycles. The number of nitrogens with one attached hydrogen (secondary N) is 1. The number of thiophene rings is 1. The molecule has 0 spiro atoms. The molecule has 80 valence electrons. The van der Waals surface area contributed by atoms with Crippen molar-refractivity contribution in [3.63, 3.8) is 0 Å². The van der Waals surface area contributed by atoms with Crippen molar-refractivity contribution in [1.29, 1.82) is 0 Å². The molecule has 2 N–H and O–H groups in total. The second-order valence-corrected chi connectivity index (χ2v) is 4.97. The largest absolute Gasteiger partial charge is 0.395 e. The summed E-state index contributed by atoms with van der Waals surface area (Å²) in [6.07, 6.45) is 0. The maximum absolute atomic E-state index is 9.00. The maximum Gasteiger partial charge on any atom is 0.0582 e. The first kappa shape index (κ1) is 11.7. The molecule has 0 aliphatic carbocycles. The van der Waals surface area contributed by atoms with E-state index < -0.39 is 0 Å². The van der Waals surface area contributed by atoms with E-state index >= 15 is 0 Å². The SMILES string of the molecule is CC(C)C(N[C@H](C)CO)c1cccs1. The van der Waals surface area contributed by atoms with Gasteiger partial charge in [-0.15, -0.1) is 11.3 Å². The van der Waals surface area contributed by atoms with Gasteiger partial charge in [0, 0.05) is 17.0 Å². The van der Waals surface area contributed by atoms with Crippen LogP contribution in [0.3, 0.4) is 0 Å². The zero-order valence-corrected chi connectivity index (χ0v) is 9.84. The van der Waals surface area contributed by atoms with E-state index in [1.807, 2.05) is 6.92 Å². The molecule has 14 heavy (non-hydrogen) atoms. The quantitative estimate of drug-likeness (QED) is 0.787. The minimum Gasteiger partial charge on any atom is -0.395 e. The fourth-order valence-corrected chi connectivity index (χ4v) is 2.39. The van der Waals surface area contributed by atoms with Gasteiger partial charge in [0.05, 0.1) is 6.61 Å². The molecule has 2 atom stereocenters. The molecule has 1 aromatic rings. The Bertz CT molecular complexity index is 246. The average Bonchev–Trinajstić information content (AvgIpc) is 2.65. The maximum atomic E-state index is 9.00. The van der Waals surface area contributed by atoms with Gasteiger partial charge in [0.25, 0.3) is 0 Å². The van der Waals surface area contributed by atoms with Crippen LogP contribution < -0.4 is 5.32 Å². The molecule has 3 heteroatoms. The molecule has 2 nitrogen and oxygen atoms in total. The molecule has 0 aromatic carbocycles. The summed E-state index contributed by atoms with van der Waals surface area (Å²) < 4.78 is 0. The lowest BCUT2D eigenvalue weighted by Gasteiger charge is -2.24. The molecule has 1 unspecified atom stereocenters. The van der Waals surface area contributed by atoms with Crippen molar-refractivity contribution in [1.82, 2.24) is 5.32 Å². The Hall–Kier alpha value is -0.380. The summed E-state index contributed by atoms with van der Waals surface area (Å²) in [4.78, 5) is 1.35. The summed E-state index contributed by atoms with van der Waals surface area (Å²) in [6.45, 7) is 6.58. The predicted molar refractivity (Wildman–Crippen MR) is 61.6 cm³/mol. The molecule has 0 amide bonds. The fourth-order valence-electron chi connectivity index (χ4n) is 1.43. The number of aliphatic hydroxyl groups excluding tert-OH is 1. The summed E-state index contributed by atoms with van der Waals surface area (Å²) in [7, 11) is 0. The van der Waals surface area contributed by atoms with Crippen molar-refractivity contribution in [3.05, 3.63) is 22.4 Å². The van der Waals surface area contributed by atoms with Crippen LogP contribution in [0.4, 0.5) is 0 Å². The minimum absolute atomic E-state index is 0.157. The third kappa shape index (κ3) is 3.08. The molecule has 0 saturated heterocycles. The van der Waals surface area contributed by atoms with Crippen molar-refractivity contribution in [2.45, 2.75) is 32.9 Å². The third-order valence-electron chi connectivity index (χ3n) is 2.25. The van der Waals surface area contributed by atoms with Crippen LogP contribution >= 0.6 is 11.3 Å². The van der Waals surface area contributed by atoms with Crippen LogP contribution in [-0.2, 0) is 0 Å². The van der Waals surface area contributed by atoms with E-state index in [2.05, 4.69) is 36.7 Å². The Labute approximate surface area is 90.0 Å². The smallest absolute Gasteiger partial charge is 0.0582 e. The number of hydrogen-bond donors (Lipinski definition) is 2. The molecular weight excluding hydrogens is 194 g/mol. The van der Waals surface area contributed by atoms with E-state index in [-0.39, 0.29) is 12.6 Å². The Morgan fingerprint density at radius 2 is 2.14 bits per heavy atom. The van der Waals surface area contributed by atoms with E-state index in [9.17, 15) is 0 Å². The fraction of sp³-hybridized carbons (Fsp3) is 0.636. The van der Waals surface area contributed by atoms with Crippen molar-refractivity contribution in [2.24, 2.45) is 5.92 Å². The summed E-state index contributed by atoms with van der Waals surface area (Å²) >= 11 is 1.77. The normalized spacial score (nSPS) is 15.8. The summed E-state index contributed by atoms with van der Waals surface area (Å²) in [5, 5.41) is 14.5. The zero-order chi connectivity index (χ0) is 10.6. The van der Waals surface area contributed by atoms with E-state index in [1.165, 1.54) is 4.88 Å². The summed E-state index contributed by atoms with van der Waals surface area (Å²) in [5.74, 6) is 0.544. The van der Waals surface area contributed by atoms with Gasteiger partial charge in [0.2, 0.25) is 0 Å². The van der Waals surface area contributed by atoms with Gasteiger partial charge < -0.3 is 10.4 Å². The van der Waals surface area contributed by atoms with Gasteiger partial charge in [-0.3, -0.25) is 0 Å². The second-order valence-electron chi connectivity index (χ2n) is 3.99. The lowest BCUT2D eigenvalue weighted by atomic mass is 10.0. The van der Waals surface area contributed by atoms with Crippen LogP contribution in [0, 0.1) is 5.92 Å². The summed E-state index contributed by atoms with van der Waals surface area (Å²) in [6, 6.07) is 4.73. The first-order valence-corrected chi connectivity index (χ1v) is 5.93. The molecule has 0 aliphatic rings. The minimum atomic E-state index is 0.157. The highest BCUT2D eigenvalue weighted by Crippen LogP contribution is 2.25. The first-order chi connectivity index (χ1) is 6.65. The zero-order valence-electron chi connectivity index (χ0n) is 9.03. The second kappa shape index (κ2) is 5.49. The van der Waals surface area contributed by atoms with Gasteiger partial charge >= 0.3 is 0 Å². The van der Waals surface area contributed by atoms with Crippen molar-refractivity contribution < 1.29 is 5.11 Å². The van der Waals surface area contributed by atoms with Crippen molar-refractivity contribution in [3.8, 4) is 0 Å². The molecule has 0 fully saturated rings. The van der Waals surface area contributed by atoms with Gasteiger partial charge in [-0.1, -0.05) is 19.9 Å². The topological polar surface area (TPSA) is 32.3 Å². The molecule has 1 aromatic heterocycles. The van der Waals surface area contributed by atoms with Crippen LogP contribution in [0.15, 0.2) is 17.5 Å². The Kier molecular flexibility index (Phi) is 4.58. The Morgan fingerprint density at radius 3 is 2.57 bits per heavy atom. The number of hydrogen-bond acceptors (Lipinski definition) is 3. The predicted octanol–water partition coefficient (Wildman–Crippen LogP) is 2.42. The van der Waals surface area contributed by atoms with Crippen molar-refractivity contribution in [2.75, 3.05) is 6.61 Å². The monoisotopic (exact) mass is 213 g/mol. The van der Waals surface area contributed by atoms with Crippen LogP contribution in [-0.4, -0.2) is 17.8 Å². The van der Waals surface area contributed by atoms with Gasteiger partial charge in [0.15, 0.2) is 0 Å². The number of aliphatic hydroxyl groups is 1. The molecule has 0 saturated carbocycles. The van der Waals surface area contributed by atoms with Gasteiger partial charge in [-0.25, -0.2) is 0 Å². The van der Waals surface area contributed by atoms with Crippen LogP contribution in [0.2, 0.25) is 0 Å². The van der Waals surface area contributed by atoms with Crippen LogP contribution in [0.5, 0.6) is 0 Å². The lowest BCUT2D eigenvalue weighted by Crippen LogP contribution is -2.35. The molecule has 1 rings (SSSR count). The molecule has 0 bridgehead atoms. The van der Waals surface area contributed by atoms with E-state index in [1.54, 1.807) is 11.3 Å². The highest BCUT2D eigenvalue weighted by molar-refractivity contribution is 7.10. The van der Waals surface area contributed by atoms with E-state index in [4.69, 9.17) is 5.11 Å². The summed E-state index contributed by atoms with van der Waals surface area (Å²) in [5.41, 5.74) is 0. The van der Waals surface area contributed by atoms with E-state index in [0.29, 0.717) is 12.0 Å². The van der Waals surface area contributed by atoms with Crippen molar-refractivity contribution >= 4 is 11.3 Å². The Morgan fingerprint density at radius 1 is 1.43 bits per heavy atom. The highest BCUT2D eigenvalue weighted by Gasteiger charge is 2.18. The molecule has 0 radical (unpaired) electrons. The third-order valence-corrected chi connectivity index (χ3v) is 3.21. The standard InChI is InChI=1S/C11H19NOS/c1-8(2)11(12-9(3)7-13)10-5-4-6-14-10/h4-6,8-9,11-13H,7H2,1-3H3/t9-,11?/m1/s1. The Balaban J connectivity index is 2.66. The van der Waals surface area contributed by atoms with E-state index in [0.717, 1.165) is 0 Å². The lowest BCUT2D eigenvalue weighted by molar-refractivity contribution is 0.230. The van der Waals surface area contributed by atoms with Crippen LogP contribution in [0.25, 0.3) is 0 Å². The van der Waals surface area contributed by atoms with Crippen LogP contribution in [0.1, 0.15) is 31.7 Å². The first-order valence-electron chi connectivity index (χ1n) is 5.05. The molecule has 1 heterocycles. The van der Waals surface area contributed by atoms with Gasteiger partial charge in [-0.05, 0) is 24.3 Å². The molecular formula is C11H19NOS. The average molecular weight is 213 g/mol. The van der Waals surface area contributed by atoms with Gasteiger partial charge in [-0.2, -0.15) is 0 Å².